The van der Waals surface area contributed by atoms with E-state index in [9.17, 15) is 14.4 Å². The van der Waals surface area contributed by atoms with Crippen LogP contribution >= 0.6 is 95.6 Å². The van der Waals surface area contributed by atoms with Gasteiger partial charge in [0, 0.05) is 86.5 Å². The van der Waals surface area contributed by atoms with E-state index in [1.165, 1.54) is 193 Å². The number of alkyl halides is 6. The summed E-state index contributed by atoms with van der Waals surface area (Å²) in [7, 11) is 0. The first kappa shape index (κ1) is 87.3. The summed E-state index contributed by atoms with van der Waals surface area (Å²) in [5.41, 5.74) is 0. The Balaban J connectivity index is 6.05. The molecule has 0 saturated heterocycles. The van der Waals surface area contributed by atoms with Gasteiger partial charge in [0.15, 0.2) is 0 Å². The molecule has 512 valence electrons. The lowest BCUT2D eigenvalue weighted by molar-refractivity contribution is -0.139. The van der Waals surface area contributed by atoms with Gasteiger partial charge in [0.25, 0.3) is 0 Å². The van der Waals surface area contributed by atoms with Crippen molar-refractivity contribution in [1.82, 2.24) is 14.7 Å². The molecule has 0 aliphatic carbocycles. The molecule has 10 unspecified atom stereocenters. The Morgan fingerprint density at radius 3 is 0.733 bits per heavy atom. The van der Waals surface area contributed by atoms with E-state index in [1.54, 1.807) is 0 Å². The highest BCUT2D eigenvalue weighted by Crippen LogP contribution is 2.30. The lowest BCUT2D eigenvalue weighted by Gasteiger charge is -2.37. The maximum Gasteiger partial charge on any atom is 0.222 e. The van der Waals surface area contributed by atoms with Gasteiger partial charge in [-0.15, -0.1) is 0 Å². The van der Waals surface area contributed by atoms with E-state index in [0.717, 1.165) is 96.3 Å². The summed E-state index contributed by atoms with van der Waals surface area (Å²) in [6.07, 6.45) is 55.7. The lowest BCUT2D eigenvalue weighted by atomic mass is 9.96. The van der Waals surface area contributed by atoms with Crippen LogP contribution in [0.3, 0.4) is 0 Å². The van der Waals surface area contributed by atoms with Crippen LogP contribution in [0.1, 0.15) is 371 Å². The number of hydrogen-bond acceptors (Lipinski definition) is 3. The topological polar surface area (TPSA) is 60.9 Å². The Morgan fingerprint density at radius 1 is 0.279 bits per heavy atom. The summed E-state index contributed by atoms with van der Waals surface area (Å²) in [6, 6.07) is 0.312. The van der Waals surface area contributed by atoms with Gasteiger partial charge in [0.05, 0.1) is 0 Å². The van der Waals surface area contributed by atoms with Crippen molar-refractivity contribution in [2.24, 2.45) is 11.8 Å². The average molecular weight is 1600 g/mol. The lowest BCUT2D eigenvalue weighted by Crippen LogP contribution is -2.49. The molecule has 0 bridgehead atoms. The molecule has 0 aliphatic rings. The molecule has 0 rings (SSSR count). The SMILES string of the molecule is CCCCCCCCC(Br)C(Br)CCCCCCCC(=O)N(CCN(C(=O)CCCCCCCC(Br)C(Br)CCCCCCCC)C(CC)CC(C)CC)CCN(C(=O)CCCCCCCC(Br)C(Br)CCCCCCCC)C(CC)CC(C)CC. The van der Waals surface area contributed by atoms with Crippen LogP contribution in [0, 0.1) is 11.8 Å². The zero-order valence-corrected chi connectivity index (χ0v) is 67.4. The molecule has 0 radical (unpaired) electrons. The minimum Gasteiger partial charge on any atom is -0.339 e. The molecular formula is C74H141Br6N3O3. The third-order valence-corrected chi connectivity index (χ3v) is 27.8. The Labute approximate surface area is 586 Å². The van der Waals surface area contributed by atoms with Gasteiger partial charge in [-0.1, -0.05) is 363 Å². The first-order valence-corrected chi connectivity index (χ1v) is 42.7. The second-order valence-corrected chi connectivity index (χ2v) is 33.9. The number of carbonyl (C=O) groups is 3. The van der Waals surface area contributed by atoms with Gasteiger partial charge < -0.3 is 14.7 Å². The molecule has 86 heavy (non-hydrogen) atoms. The van der Waals surface area contributed by atoms with Gasteiger partial charge >= 0.3 is 0 Å². The molecule has 0 fully saturated rings. The van der Waals surface area contributed by atoms with Gasteiger partial charge in [0.2, 0.25) is 17.7 Å². The molecule has 6 nitrogen and oxygen atoms in total. The van der Waals surface area contributed by atoms with E-state index in [2.05, 4.69) is 173 Å². The molecule has 0 heterocycles. The minimum absolute atomic E-state index is 0.156. The molecule has 0 spiro atoms. The van der Waals surface area contributed by atoms with Crippen molar-refractivity contribution < 1.29 is 14.4 Å². The van der Waals surface area contributed by atoms with Crippen LogP contribution in [-0.2, 0) is 14.4 Å². The van der Waals surface area contributed by atoms with Crippen molar-refractivity contribution in [1.29, 1.82) is 0 Å². The zero-order valence-electron chi connectivity index (χ0n) is 57.9. The van der Waals surface area contributed by atoms with Crippen LogP contribution in [0.25, 0.3) is 0 Å². The number of unbranched alkanes of at least 4 members (excludes halogenated alkanes) is 27. The monoisotopic (exact) mass is 1590 g/mol. The Hall–Kier alpha value is 1.29. The second-order valence-electron chi connectivity index (χ2n) is 26.9. The highest BCUT2D eigenvalue weighted by Gasteiger charge is 2.29. The summed E-state index contributed by atoms with van der Waals surface area (Å²) in [6.45, 7) is 22.7. The number of rotatable bonds is 64. The first-order valence-electron chi connectivity index (χ1n) is 37.3. The highest BCUT2D eigenvalue weighted by atomic mass is 79.9. The van der Waals surface area contributed by atoms with Crippen molar-refractivity contribution in [3.05, 3.63) is 0 Å². The predicted octanol–water partition coefficient (Wildman–Crippen LogP) is 25.9. The van der Waals surface area contributed by atoms with Gasteiger partial charge in [-0.3, -0.25) is 14.4 Å². The van der Waals surface area contributed by atoms with Crippen LogP contribution in [0.15, 0.2) is 0 Å². The van der Waals surface area contributed by atoms with E-state index in [4.69, 9.17) is 0 Å². The molecule has 0 saturated carbocycles. The smallest absolute Gasteiger partial charge is 0.222 e. The van der Waals surface area contributed by atoms with E-state index in [-0.39, 0.29) is 29.8 Å². The Kier molecular flexibility index (Phi) is 62.1. The molecule has 0 aromatic heterocycles. The van der Waals surface area contributed by atoms with Crippen molar-refractivity contribution in [3.63, 3.8) is 0 Å². The van der Waals surface area contributed by atoms with Crippen molar-refractivity contribution in [2.75, 3.05) is 26.2 Å². The van der Waals surface area contributed by atoms with Crippen LogP contribution in [0.2, 0.25) is 0 Å². The molecular weight excluding hydrogens is 1460 g/mol. The largest absolute Gasteiger partial charge is 0.339 e. The van der Waals surface area contributed by atoms with Crippen molar-refractivity contribution in [2.45, 2.75) is 412 Å². The maximum atomic E-state index is 14.7. The van der Waals surface area contributed by atoms with Gasteiger partial charge in [0.1, 0.15) is 0 Å². The minimum atomic E-state index is 0.156. The number of amides is 3. The molecule has 3 amide bonds. The number of nitrogens with zero attached hydrogens (tertiary/aromatic N) is 3. The maximum absolute atomic E-state index is 14.7. The third kappa shape index (κ3) is 47.2. The molecule has 10 atom stereocenters. The zero-order chi connectivity index (χ0) is 64.0. The fourth-order valence-corrected chi connectivity index (χ4v) is 16.0. The summed E-state index contributed by atoms with van der Waals surface area (Å²) >= 11 is 24.0. The Bertz CT molecular complexity index is 1450. The van der Waals surface area contributed by atoms with Gasteiger partial charge in [-0.2, -0.15) is 0 Å². The fourth-order valence-electron chi connectivity index (χ4n) is 12.5. The Morgan fingerprint density at radius 2 is 0.500 bits per heavy atom. The van der Waals surface area contributed by atoms with E-state index in [1.807, 2.05) is 0 Å². The standard InChI is InChI=1S/C74H141Br6N3O3/c1-10-17-20-23-29-38-47-66(75)69(78)50-41-32-26-35-44-53-72(84)81(56-58-82(64(15-6)60-62(8)13-4)73(85)54-45-36-27-33-42-51-70(79)67(76)48-39-30-24-21-18-11-2)57-59-83(65(16-7)61-63(9)14-5)74(86)55-46-37-28-34-43-52-71(80)68(77)49-40-31-25-22-19-12-3/h62-71H,10-61H2,1-9H3. The highest BCUT2D eigenvalue weighted by molar-refractivity contribution is 9.13. The predicted molar refractivity (Wildman–Crippen MR) is 404 cm³/mol. The van der Waals surface area contributed by atoms with Gasteiger partial charge in [-0.25, -0.2) is 0 Å². The van der Waals surface area contributed by atoms with Crippen molar-refractivity contribution in [3.8, 4) is 0 Å². The third-order valence-electron chi connectivity index (χ3n) is 19.1. The summed E-state index contributed by atoms with van der Waals surface area (Å²) in [5, 5.41) is 0. The van der Waals surface area contributed by atoms with Crippen LogP contribution < -0.4 is 0 Å². The van der Waals surface area contributed by atoms with Crippen LogP contribution in [0.5, 0.6) is 0 Å². The quantitative estimate of drug-likeness (QED) is 0.0450. The summed E-state index contributed by atoms with van der Waals surface area (Å²) in [4.78, 5) is 53.4. The van der Waals surface area contributed by atoms with E-state index >= 15 is 0 Å². The van der Waals surface area contributed by atoms with E-state index < -0.39 is 0 Å². The number of hydrogen-bond donors (Lipinski definition) is 0. The van der Waals surface area contributed by atoms with Crippen LogP contribution in [0.4, 0.5) is 0 Å². The molecule has 0 aromatic carbocycles. The summed E-state index contributed by atoms with van der Waals surface area (Å²) < 4.78 is 0. The second kappa shape index (κ2) is 61.2. The van der Waals surface area contributed by atoms with Gasteiger partial charge in [-0.05, 0) is 95.3 Å². The molecule has 0 aliphatic heterocycles. The normalized spacial score (nSPS) is 15.4. The average Bonchev–Trinajstić information content (AvgIpc) is 3.32. The van der Waals surface area contributed by atoms with Crippen LogP contribution in [-0.4, -0.2) is 99.6 Å². The molecule has 0 N–H and O–H groups in total. The van der Waals surface area contributed by atoms with E-state index in [0.29, 0.717) is 86.2 Å². The summed E-state index contributed by atoms with van der Waals surface area (Å²) in [5.74, 6) is 1.73. The number of carbonyl (C=O) groups excluding carboxylic acids is 3. The van der Waals surface area contributed by atoms with Crippen molar-refractivity contribution >= 4 is 113 Å². The number of halogens is 6. The fraction of sp³-hybridized carbons (Fsp3) is 0.959. The molecule has 0 aromatic rings. The first-order chi connectivity index (χ1) is 41.5. The molecule has 12 heteroatoms.